The Balaban J connectivity index is 2.07. The van der Waals surface area contributed by atoms with Crippen molar-refractivity contribution in [3.05, 3.63) is 74.5 Å². The van der Waals surface area contributed by atoms with Crippen molar-refractivity contribution in [3.8, 4) is 11.5 Å². The lowest BCUT2D eigenvalue weighted by Gasteiger charge is -2.29. The number of nitrogens with zero attached hydrogens (tertiary/aromatic N) is 1. The number of hydrogen-bond donors (Lipinski definition) is 2. The van der Waals surface area contributed by atoms with Crippen LogP contribution in [0.25, 0.3) is 0 Å². The summed E-state index contributed by atoms with van der Waals surface area (Å²) in [5.41, 5.74) is 2.51. The Labute approximate surface area is 209 Å². The van der Waals surface area contributed by atoms with Crippen LogP contribution in [0, 0.1) is 17.0 Å². The van der Waals surface area contributed by atoms with Gasteiger partial charge >= 0.3 is 17.7 Å². The zero-order chi connectivity index (χ0) is 26.2. The molecular formula is C26H31N3O7. The third-order valence-electron chi connectivity index (χ3n) is 5.74. The fraction of sp³-hybridized carbons (Fsp3) is 0.385. The van der Waals surface area contributed by atoms with Gasteiger partial charge in [0.1, 0.15) is 6.61 Å². The van der Waals surface area contributed by atoms with Crippen LogP contribution in [0.1, 0.15) is 55.8 Å². The Bertz CT molecular complexity index is 1160. The molecular weight excluding hydrogens is 466 g/mol. The van der Waals surface area contributed by atoms with E-state index in [9.17, 15) is 19.7 Å². The number of hydrogen-bond acceptors (Lipinski definition) is 7. The van der Waals surface area contributed by atoms with Crippen LogP contribution in [0.15, 0.2) is 47.7 Å². The quantitative estimate of drug-likeness (QED) is 0.258. The van der Waals surface area contributed by atoms with E-state index < -0.39 is 23.0 Å². The summed E-state index contributed by atoms with van der Waals surface area (Å²) in [5, 5.41) is 17.4. The van der Waals surface area contributed by atoms with Crippen molar-refractivity contribution in [2.75, 3.05) is 13.7 Å². The van der Waals surface area contributed by atoms with E-state index in [0.29, 0.717) is 17.7 Å². The van der Waals surface area contributed by atoms with E-state index in [1.165, 1.54) is 19.2 Å². The van der Waals surface area contributed by atoms with Crippen LogP contribution < -0.4 is 20.1 Å². The zero-order valence-electron chi connectivity index (χ0n) is 20.9. The second-order valence-electron chi connectivity index (χ2n) is 8.35. The highest BCUT2D eigenvalue weighted by Gasteiger charge is 2.36. The molecule has 3 rings (SSSR count). The van der Waals surface area contributed by atoms with E-state index in [4.69, 9.17) is 14.2 Å². The SMILES string of the molecule is CCCCC1=C(C(=O)OCC)C(c2cc(OC)c(OCc3ccc(C)cc3)c([N+](=O)[O-])c2)NC(=O)N1. The third kappa shape index (κ3) is 6.12. The molecule has 192 valence electrons. The average molecular weight is 498 g/mol. The smallest absolute Gasteiger partial charge is 0.338 e. The van der Waals surface area contributed by atoms with Crippen molar-refractivity contribution < 1.29 is 28.7 Å². The van der Waals surface area contributed by atoms with Gasteiger partial charge in [0.2, 0.25) is 5.75 Å². The number of carbonyl (C=O) groups is 2. The average Bonchev–Trinajstić information content (AvgIpc) is 2.86. The van der Waals surface area contributed by atoms with Crippen LogP contribution in [0.4, 0.5) is 10.5 Å². The Morgan fingerprint density at radius 1 is 1.17 bits per heavy atom. The Morgan fingerprint density at radius 2 is 1.89 bits per heavy atom. The van der Waals surface area contributed by atoms with E-state index in [1.807, 2.05) is 38.1 Å². The van der Waals surface area contributed by atoms with Gasteiger partial charge < -0.3 is 24.8 Å². The Morgan fingerprint density at radius 3 is 2.50 bits per heavy atom. The summed E-state index contributed by atoms with van der Waals surface area (Å²) < 4.78 is 16.5. The number of benzene rings is 2. The lowest BCUT2D eigenvalue weighted by Crippen LogP contribution is -2.46. The summed E-state index contributed by atoms with van der Waals surface area (Å²) in [6.07, 6.45) is 2.03. The highest BCUT2D eigenvalue weighted by molar-refractivity contribution is 5.95. The minimum atomic E-state index is -0.969. The van der Waals surface area contributed by atoms with Gasteiger partial charge in [-0.05, 0) is 43.9 Å². The first-order valence-electron chi connectivity index (χ1n) is 11.8. The monoisotopic (exact) mass is 497 g/mol. The molecule has 1 atom stereocenters. The number of methoxy groups -OCH3 is 1. The number of urea groups is 1. The van der Waals surface area contributed by atoms with Crippen LogP contribution in [-0.4, -0.2) is 30.6 Å². The number of ether oxygens (including phenoxy) is 3. The standard InChI is InChI=1S/C26H31N3O7/c1-5-7-8-19-22(25(30)35-6-2)23(28-26(31)27-19)18-13-20(29(32)33)24(21(14-18)34-4)36-15-17-11-9-16(3)10-12-17/h9-14,23H,5-8,15H2,1-4H3,(H2,27,28,31). The van der Waals surface area contributed by atoms with E-state index in [-0.39, 0.29) is 36.0 Å². The van der Waals surface area contributed by atoms with Crippen molar-refractivity contribution in [1.29, 1.82) is 0 Å². The number of nitro groups is 1. The molecule has 0 aromatic heterocycles. The largest absolute Gasteiger partial charge is 0.493 e. The maximum Gasteiger partial charge on any atom is 0.338 e. The van der Waals surface area contributed by atoms with Crippen LogP contribution >= 0.6 is 0 Å². The number of nitro benzene ring substituents is 1. The lowest BCUT2D eigenvalue weighted by molar-refractivity contribution is -0.386. The molecule has 10 nitrogen and oxygen atoms in total. The number of nitrogens with one attached hydrogen (secondary N) is 2. The second-order valence-corrected chi connectivity index (χ2v) is 8.35. The summed E-state index contributed by atoms with van der Waals surface area (Å²) in [5.74, 6) is -0.542. The van der Waals surface area contributed by atoms with Gasteiger partial charge in [0.25, 0.3) is 0 Å². The number of allylic oxidation sites excluding steroid dienone is 1. The highest BCUT2D eigenvalue weighted by Crippen LogP contribution is 2.42. The molecule has 0 aliphatic carbocycles. The maximum atomic E-state index is 12.9. The molecule has 0 fully saturated rings. The van der Waals surface area contributed by atoms with Crippen molar-refractivity contribution in [2.24, 2.45) is 0 Å². The fourth-order valence-corrected chi connectivity index (χ4v) is 3.92. The molecule has 2 amide bonds. The van der Waals surface area contributed by atoms with Crippen molar-refractivity contribution in [3.63, 3.8) is 0 Å². The molecule has 0 saturated heterocycles. The maximum absolute atomic E-state index is 12.9. The van der Waals surface area contributed by atoms with Gasteiger partial charge in [0.15, 0.2) is 5.75 Å². The van der Waals surface area contributed by atoms with Crippen LogP contribution in [0.3, 0.4) is 0 Å². The van der Waals surface area contributed by atoms with Crippen molar-refractivity contribution in [1.82, 2.24) is 10.6 Å². The molecule has 0 spiro atoms. The number of rotatable bonds is 11. The Kier molecular flexibility index (Phi) is 8.88. The zero-order valence-corrected chi connectivity index (χ0v) is 20.9. The van der Waals surface area contributed by atoms with Gasteiger partial charge in [-0.15, -0.1) is 0 Å². The predicted octanol–water partition coefficient (Wildman–Crippen LogP) is 4.85. The number of carbonyl (C=O) groups excluding carboxylic acids is 2. The van der Waals surface area contributed by atoms with Gasteiger partial charge in [-0.1, -0.05) is 43.2 Å². The third-order valence-corrected chi connectivity index (χ3v) is 5.74. The summed E-state index contributed by atoms with van der Waals surface area (Å²) in [6, 6.07) is 8.94. The van der Waals surface area contributed by atoms with E-state index in [0.717, 1.165) is 24.0 Å². The van der Waals surface area contributed by atoms with Gasteiger partial charge in [0.05, 0.1) is 30.3 Å². The first kappa shape index (κ1) is 26.5. The number of aryl methyl sites for hydroxylation is 1. The van der Waals surface area contributed by atoms with Crippen LogP contribution in [0.5, 0.6) is 11.5 Å². The summed E-state index contributed by atoms with van der Waals surface area (Å²) in [6.45, 7) is 5.87. The molecule has 2 N–H and O–H groups in total. The number of amides is 2. The molecule has 1 aliphatic rings. The first-order chi connectivity index (χ1) is 17.3. The summed E-state index contributed by atoms with van der Waals surface area (Å²) in [4.78, 5) is 36.9. The number of unbranched alkanes of at least 4 members (excludes halogenated alkanes) is 1. The van der Waals surface area contributed by atoms with Crippen molar-refractivity contribution >= 4 is 17.7 Å². The molecule has 0 saturated carbocycles. The van der Waals surface area contributed by atoms with Gasteiger partial charge in [-0.2, -0.15) is 0 Å². The first-order valence-corrected chi connectivity index (χ1v) is 11.8. The predicted molar refractivity (Wildman–Crippen MR) is 133 cm³/mol. The molecule has 2 aromatic carbocycles. The van der Waals surface area contributed by atoms with Gasteiger partial charge in [-0.25, -0.2) is 9.59 Å². The highest BCUT2D eigenvalue weighted by atomic mass is 16.6. The molecule has 0 bridgehead atoms. The van der Waals surface area contributed by atoms with E-state index in [1.54, 1.807) is 6.92 Å². The molecule has 0 radical (unpaired) electrons. The normalized spacial score (nSPS) is 15.1. The van der Waals surface area contributed by atoms with Gasteiger partial charge in [-0.3, -0.25) is 10.1 Å². The minimum absolute atomic E-state index is 0.0417. The van der Waals surface area contributed by atoms with E-state index in [2.05, 4.69) is 10.6 Å². The summed E-state index contributed by atoms with van der Waals surface area (Å²) in [7, 11) is 1.37. The molecule has 2 aromatic rings. The Hall–Kier alpha value is -4.08. The molecule has 1 unspecified atom stereocenters. The summed E-state index contributed by atoms with van der Waals surface area (Å²) >= 11 is 0. The van der Waals surface area contributed by atoms with Gasteiger partial charge in [0, 0.05) is 11.8 Å². The fourth-order valence-electron chi connectivity index (χ4n) is 3.92. The molecule has 1 heterocycles. The molecule has 10 heteroatoms. The van der Waals surface area contributed by atoms with Crippen molar-refractivity contribution in [2.45, 2.75) is 52.7 Å². The van der Waals surface area contributed by atoms with Crippen LogP contribution in [0.2, 0.25) is 0 Å². The topological polar surface area (TPSA) is 129 Å². The second kappa shape index (κ2) is 12.1. The molecule has 36 heavy (non-hydrogen) atoms. The van der Waals surface area contributed by atoms with Crippen LogP contribution in [-0.2, 0) is 16.1 Å². The lowest BCUT2D eigenvalue weighted by atomic mass is 9.92. The molecule has 1 aliphatic heterocycles. The van der Waals surface area contributed by atoms with E-state index >= 15 is 0 Å². The minimum Gasteiger partial charge on any atom is -0.493 e. The number of esters is 1.